The first-order valence-corrected chi connectivity index (χ1v) is 6.36. The van der Waals surface area contributed by atoms with Crippen molar-refractivity contribution in [2.45, 2.75) is 6.04 Å². The smallest absolute Gasteiger partial charge is 0.0636 e. The molecule has 1 atom stereocenters. The molecule has 3 N–H and O–H groups in total. The number of halogens is 1. The van der Waals surface area contributed by atoms with Gasteiger partial charge in [-0.15, -0.1) is 0 Å². The second kappa shape index (κ2) is 5.84. The molecule has 2 nitrogen and oxygen atoms in total. The van der Waals surface area contributed by atoms with E-state index in [4.69, 9.17) is 5.73 Å². The lowest BCUT2D eigenvalue weighted by atomic mass is 10.1. The van der Waals surface area contributed by atoms with Gasteiger partial charge in [0.15, 0.2) is 0 Å². The van der Waals surface area contributed by atoms with Crippen molar-refractivity contribution in [3.63, 3.8) is 0 Å². The minimum absolute atomic E-state index is 0.150. The van der Waals surface area contributed by atoms with Crippen LogP contribution in [-0.2, 0) is 0 Å². The van der Waals surface area contributed by atoms with Crippen LogP contribution >= 0.6 is 15.9 Å². The van der Waals surface area contributed by atoms with E-state index in [0.29, 0.717) is 6.54 Å². The van der Waals surface area contributed by atoms with E-state index in [9.17, 15) is 0 Å². The quantitative estimate of drug-likeness (QED) is 0.904. The first-order valence-electron chi connectivity index (χ1n) is 5.56. The van der Waals surface area contributed by atoms with Crippen molar-refractivity contribution in [1.29, 1.82) is 0 Å². The lowest BCUT2D eigenvalue weighted by Gasteiger charge is -2.18. The number of nitrogens with two attached hydrogens (primary N) is 1. The second-order valence-corrected chi connectivity index (χ2v) is 4.77. The maximum absolute atomic E-state index is 5.81. The summed E-state index contributed by atoms with van der Waals surface area (Å²) >= 11 is 3.42. The zero-order valence-electron chi connectivity index (χ0n) is 9.44. The number of hydrogen-bond donors (Lipinski definition) is 2. The molecule has 0 amide bonds. The normalized spacial score (nSPS) is 12.1. The molecule has 1 unspecified atom stereocenters. The predicted molar refractivity (Wildman–Crippen MR) is 76.0 cm³/mol. The van der Waals surface area contributed by atoms with Gasteiger partial charge in [0.2, 0.25) is 0 Å². The summed E-state index contributed by atoms with van der Waals surface area (Å²) in [6, 6.07) is 18.5. The van der Waals surface area contributed by atoms with Gasteiger partial charge in [0, 0.05) is 16.7 Å². The maximum Gasteiger partial charge on any atom is 0.0636 e. The lowest BCUT2D eigenvalue weighted by Crippen LogP contribution is -2.20. The van der Waals surface area contributed by atoms with E-state index in [0.717, 1.165) is 10.2 Å². The Morgan fingerprint density at radius 2 is 1.65 bits per heavy atom. The van der Waals surface area contributed by atoms with Crippen molar-refractivity contribution in [3.8, 4) is 0 Å². The highest BCUT2D eigenvalue weighted by molar-refractivity contribution is 9.10. The van der Waals surface area contributed by atoms with Crippen LogP contribution < -0.4 is 11.1 Å². The summed E-state index contributed by atoms with van der Waals surface area (Å²) in [4.78, 5) is 0. The molecule has 0 aliphatic rings. The van der Waals surface area contributed by atoms with Gasteiger partial charge in [-0.3, -0.25) is 0 Å². The standard InChI is InChI=1S/C14H15BrN2/c15-12-6-8-13(9-7-12)17-14(10-16)11-4-2-1-3-5-11/h1-9,14,17H,10,16H2. The van der Waals surface area contributed by atoms with Crippen LogP contribution in [0.15, 0.2) is 59.1 Å². The first-order chi connectivity index (χ1) is 8.29. The van der Waals surface area contributed by atoms with Crippen LogP contribution in [0.4, 0.5) is 5.69 Å². The zero-order chi connectivity index (χ0) is 12.1. The first kappa shape index (κ1) is 12.1. The molecule has 0 aliphatic carbocycles. The topological polar surface area (TPSA) is 38.0 Å². The minimum atomic E-state index is 0.150. The van der Waals surface area contributed by atoms with E-state index in [-0.39, 0.29) is 6.04 Å². The Labute approximate surface area is 110 Å². The number of hydrogen-bond acceptors (Lipinski definition) is 2. The molecule has 0 aliphatic heterocycles. The summed E-state index contributed by atoms with van der Waals surface area (Å²) in [5, 5.41) is 3.43. The average molecular weight is 291 g/mol. The monoisotopic (exact) mass is 290 g/mol. The molecule has 0 bridgehead atoms. The summed E-state index contributed by atoms with van der Waals surface area (Å²) in [6.07, 6.45) is 0. The van der Waals surface area contributed by atoms with E-state index in [2.05, 4.69) is 33.4 Å². The maximum atomic E-state index is 5.81. The third kappa shape index (κ3) is 3.32. The van der Waals surface area contributed by atoms with Crippen LogP contribution in [0.2, 0.25) is 0 Å². The van der Waals surface area contributed by atoms with Crippen LogP contribution in [0.25, 0.3) is 0 Å². The average Bonchev–Trinajstić information content (AvgIpc) is 2.39. The minimum Gasteiger partial charge on any atom is -0.377 e. The molecule has 0 aromatic heterocycles. The number of benzene rings is 2. The van der Waals surface area contributed by atoms with E-state index in [1.807, 2.05) is 42.5 Å². The van der Waals surface area contributed by atoms with E-state index in [1.54, 1.807) is 0 Å². The molecule has 0 saturated carbocycles. The molecule has 0 saturated heterocycles. The Morgan fingerprint density at radius 1 is 1.00 bits per heavy atom. The molecular weight excluding hydrogens is 276 g/mol. The summed E-state index contributed by atoms with van der Waals surface area (Å²) in [5.74, 6) is 0. The summed E-state index contributed by atoms with van der Waals surface area (Å²) in [6.45, 7) is 0.570. The van der Waals surface area contributed by atoms with Crippen molar-refractivity contribution < 1.29 is 0 Å². The fourth-order valence-corrected chi connectivity index (χ4v) is 1.98. The van der Waals surface area contributed by atoms with Crippen molar-refractivity contribution in [2.75, 3.05) is 11.9 Å². The second-order valence-electron chi connectivity index (χ2n) is 3.85. The van der Waals surface area contributed by atoms with E-state index < -0.39 is 0 Å². The Morgan fingerprint density at radius 3 is 2.24 bits per heavy atom. The summed E-state index contributed by atoms with van der Waals surface area (Å²) in [7, 11) is 0. The molecule has 3 heteroatoms. The highest BCUT2D eigenvalue weighted by atomic mass is 79.9. The van der Waals surface area contributed by atoms with Gasteiger partial charge in [-0.05, 0) is 29.8 Å². The Hall–Kier alpha value is -1.32. The van der Waals surface area contributed by atoms with Crippen LogP contribution in [0, 0.1) is 0 Å². The van der Waals surface area contributed by atoms with Crippen molar-refractivity contribution >= 4 is 21.6 Å². The molecule has 17 heavy (non-hydrogen) atoms. The molecular formula is C14H15BrN2. The van der Waals surface area contributed by atoms with Gasteiger partial charge in [-0.2, -0.15) is 0 Å². The molecule has 0 spiro atoms. The van der Waals surface area contributed by atoms with Gasteiger partial charge in [0.1, 0.15) is 0 Å². The molecule has 2 aromatic rings. The molecule has 88 valence electrons. The van der Waals surface area contributed by atoms with Crippen LogP contribution in [0.5, 0.6) is 0 Å². The van der Waals surface area contributed by atoms with Crippen molar-refractivity contribution in [3.05, 3.63) is 64.6 Å². The molecule has 0 fully saturated rings. The van der Waals surface area contributed by atoms with Gasteiger partial charge in [-0.1, -0.05) is 46.3 Å². The van der Waals surface area contributed by atoms with E-state index >= 15 is 0 Å². The largest absolute Gasteiger partial charge is 0.377 e. The lowest BCUT2D eigenvalue weighted by molar-refractivity contribution is 0.790. The van der Waals surface area contributed by atoms with Crippen molar-refractivity contribution in [1.82, 2.24) is 0 Å². The Balaban J connectivity index is 2.13. The van der Waals surface area contributed by atoms with Gasteiger partial charge < -0.3 is 11.1 Å². The third-order valence-corrected chi connectivity index (χ3v) is 3.15. The van der Waals surface area contributed by atoms with Crippen LogP contribution in [0.1, 0.15) is 11.6 Å². The molecule has 0 radical (unpaired) electrons. The number of anilines is 1. The summed E-state index contributed by atoms with van der Waals surface area (Å²) < 4.78 is 1.08. The van der Waals surface area contributed by atoms with Crippen LogP contribution in [0.3, 0.4) is 0 Å². The number of rotatable bonds is 4. The fourth-order valence-electron chi connectivity index (χ4n) is 1.71. The van der Waals surface area contributed by atoms with E-state index in [1.165, 1.54) is 5.56 Å². The van der Waals surface area contributed by atoms with Crippen LogP contribution in [-0.4, -0.2) is 6.54 Å². The fraction of sp³-hybridized carbons (Fsp3) is 0.143. The van der Waals surface area contributed by atoms with Crippen molar-refractivity contribution in [2.24, 2.45) is 5.73 Å². The van der Waals surface area contributed by atoms with Gasteiger partial charge >= 0.3 is 0 Å². The van der Waals surface area contributed by atoms with Gasteiger partial charge in [0.25, 0.3) is 0 Å². The molecule has 2 rings (SSSR count). The highest BCUT2D eigenvalue weighted by Gasteiger charge is 2.08. The Bertz CT molecular complexity index is 453. The highest BCUT2D eigenvalue weighted by Crippen LogP contribution is 2.20. The third-order valence-electron chi connectivity index (χ3n) is 2.62. The van der Waals surface area contributed by atoms with Gasteiger partial charge in [-0.25, -0.2) is 0 Å². The summed E-state index contributed by atoms with van der Waals surface area (Å²) in [5.41, 5.74) is 8.09. The van der Waals surface area contributed by atoms with Gasteiger partial charge in [0.05, 0.1) is 6.04 Å². The molecule has 0 heterocycles. The Kier molecular flexibility index (Phi) is 4.18. The number of nitrogens with one attached hydrogen (secondary N) is 1. The zero-order valence-corrected chi connectivity index (χ0v) is 11.0. The SMILES string of the molecule is NCC(Nc1ccc(Br)cc1)c1ccccc1. The molecule has 2 aromatic carbocycles. The predicted octanol–water partition coefficient (Wildman–Crippen LogP) is 3.56.